The Morgan fingerprint density at radius 3 is 2.68 bits per heavy atom. The highest BCUT2D eigenvalue weighted by molar-refractivity contribution is 5.32. The highest BCUT2D eigenvalue weighted by Crippen LogP contribution is 2.19. The van der Waals surface area contributed by atoms with E-state index in [2.05, 4.69) is 41.1 Å². The number of hydrogen-bond donors (Lipinski definition) is 1. The van der Waals surface area contributed by atoms with Gasteiger partial charge in [-0.1, -0.05) is 37.3 Å². The summed E-state index contributed by atoms with van der Waals surface area (Å²) in [6, 6.07) is 14.8. The number of carbonyl (C=O) groups is 1. The molecular formula is C20H24N2O3. The van der Waals surface area contributed by atoms with E-state index in [1.54, 1.807) is 6.20 Å². The minimum absolute atomic E-state index is 0.250. The summed E-state index contributed by atoms with van der Waals surface area (Å²) in [5.74, 6) is 0.890. The zero-order valence-electron chi connectivity index (χ0n) is 14.4. The third-order valence-electron chi connectivity index (χ3n) is 4.01. The number of hydrogen-bond acceptors (Lipinski definition) is 4. The lowest BCUT2D eigenvalue weighted by Gasteiger charge is -2.23. The summed E-state index contributed by atoms with van der Waals surface area (Å²) in [4.78, 5) is 15.1. The zero-order valence-corrected chi connectivity index (χ0v) is 14.4. The van der Waals surface area contributed by atoms with Crippen LogP contribution in [0.25, 0.3) is 0 Å². The van der Waals surface area contributed by atoms with Gasteiger partial charge >= 0.3 is 0 Å². The van der Waals surface area contributed by atoms with E-state index in [0.29, 0.717) is 12.6 Å². The maximum Gasteiger partial charge on any atom is 0.290 e. The van der Waals surface area contributed by atoms with Gasteiger partial charge in [0, 0.05) is 25.3 Å². The summed E-state index contributed by atoms with van der Waals surface area (Å²) >= 11 is 0. The Labute approximate surface area is 148 Å². The minimum Gasteiger partial charge on any atom is -0.487 e. The molecule has 132 valence electrons. The van der Waals surface area contributed by atoms with Crippen molar-refractivity contribution in [3.8, 4) is 5.75 Å². The van der Waals surface area contributed by atoms with Gasteiger partial charge in [-0.25, -0.2) is 0 Å². The van der Waals surface area contributed by atoms with Crippen molar-refractivity contribution in [1.29, 1.82) is 0 Å². The summed E-state index contributed by atoms with van der Waals surface area (Å²) in [7, 11) is 0. The Morgan fingerprint density at radius 1 is 1.28 bits per heavy atom. The SMILES string of the molecule is CCC1C=CCN1Cc1ccc(OCc2ccccn2)cc1.O=CO. The number of pyridine rings is 1. The summed E-state index contributed by atoms with van der Waals surface area (Å²) in [5, 5.41) is 6.89. The normalized spacial score (nSPS) is 16.1. The Morgan fingerprint density at radius 2 is 2.04 bits per heavy atom. The van der Waals surface area contributed by atoms with Crippen molar-refractivity contribution in [2.24, 2.45) is 0 Å². The minimum atomic E-state index is -0.250. The first kappa shape index (κ1) is 18.7. The highest BCUT2D eigenvalue weighted by Gasteiger charge is 2.17. The Kier molecular flexibility index (Phi) is 7.66. The van der Waals surface area contributed by atoms with Gasteiger partial charge in [-0.2, -0.15) is 0 Å². The lowest BCUT2D eigenvalue weighted by Crippen LogP contribution is -2.28. The molecule has 2 heterocycles. The van der Waals surface area contributed by atoms with Crippen LogP contribution in [-0.2, 0) is 17.9 Å². The van der Waals surface area contributed by atoms with E-state index in [1.807, 2.05) is 30.3 Å². The van der Waals surface area contributed by atoms with Crippen LogP contribution in [0.2, 0.25) is 0 Å². The van der Waals surface area contributed by atoms with Gasteiger partial charge in [-0.15, -0.1) is 0 Å². The van der Waals surface area contributed by atoms with Crippen molar-refractivity contribution >= 4 is 6.47 Å². The molecular weight excluding hydrogens is 316 g/mol. The van der Waals surface area contributed by atoms with Crippen LogP contribution in [0.15, 0.2) is 60.8 Å². The van der Waals surface area contributed by atoms with Gasteiger partial charge < -0.3 is 9.84 Å². The number of aromatic nitrogens is 1. The molecule has 5 nitrogen and oxygen atoms in total. The number of rotatable bonds is 6. The first-order valence-electron chi connectivity index (χ1n) is 8.37. The molecule has 2 aromatic rings. The molecule has 1 aromatic carbocycles. The lowest BCUT2D eigenvalue weighted by atomic mass is 10.1. The van der Waals surface area contributed by atoms with E-state index in [1.165, 1.54) is 12.0 Å². The van der Waals surface area contributed by atoms with Gasteiger partial charge in [-0.05, 0) is 36.2 Å². The second-order valence-corrected chi connectivity index (χ2v) is 5.69. The van der Waals surface area contributed by atoms with Gasteiger partial charge in [0.2, 0.25) is 0 Å². The summed E-state index contributed by atoms with van der Waals surface area (Å²) in [5.41, 5.74) is 2.27. The molecule has 0 fully saturated rings. The summed E-state index contributed by atoms with van der Waals surface area (Å²) in [6.45, 7) is 4.54. The molecule has 0 bridgehead atoms. The van der Waals surface area contributed by atoms with Crippen LogP contribution in [0, 0.1) is 0 Å². The van der Waals surface area contributed by atoms with Crippen LogP contribution in [0.3, 0.4) is 0 Å². The van der Waals surface area contributed by atoms with Gasteiger partial charge in [0.1, 0.15) is 12.4 Å². The molecule has 3 rings (SSSR count). The third-order valence-corrected chi connectivity index (χ3v) is 4.01. The van der Waals surface area contributed by atoms with Crippen molar-refractivity contribution in [3.05, 3.63) is 72.1 Å². The van der Waals surface area contributed by atoms with Crippen LogP contribution in [0.4, 0.5) is 0 Å². The third kappa shape index (κ3) is 6.04. The molecule has 0 radical (unpaired) electrons. The predicted molar refractivity (Wildman–Crippen MR) is 97.3 cm³/mol. The van der Waals surface area contributed by atoms with Crippen LogP contribution >= 0.6 is 0 Å². The van der Waals surface area contributed by atoms with Crippen molar-refractivity contribution in [2.45, 2.75) is 32.5 Å². The largest absolute Gasteiger partial charge is 0.487 e. The van der Waals surface area contributed by atoms with Gasteiger partial charge in [-0.3, -0.25) is 14.7 Å². The van der Waals surface area contributed by atoms with Crippen LogP contribution < -0.4 is 4.74 Å². The van der Waals surface area contributed by atoms with Gasteiger partial charge in [0.05, 0.1) is 5.69 Å². The van der Waals surface area contributed by atoms with E-state index >= 15 is 0 Å². The van der Waals surface area contributed by atoms with E-state index in [-0.39, 0.29) is 6.47 Å². The first-order valence-corrected chi connectivity index (χ1v) is 8.37. The second kappa shape index (κ2) is 10.3. The quantitative estimate of drug-likeness (QED) is 0.644. The fourth-order valence-electron chi connectivity index (χ4n) is 2.75. The number of ether oxygens (including phenoxy) is 1. The standard InChI is InChI=1S/C19H22N2O.CH2O2/c1-2-18-7-5-13-21(18)14-16-8-10-19(11-9-16)22-15-17-6-3-4-12-20-17;2-1-3/h3-12,18H,2,13-15H2,1H3;1H,(H,2,3). The summed E-state index contributed by atoms with van der Waals surface area (Å²) in [6.07, 6.45) is 7.53. The molecule has 1 aliphatic rings. The molecule has 1 aliphatic heterocycles. The fraction of sp³-hybridized carbons (Fsp3) is 0.300. The first-order chi connectivity index (χ1) is 12.3. The van der Waals surface area contributed by atoms with Crippen molar-refractivity contribution in [1.82, 2.24) is 9.88 Å². The summed E-state index contributed by atoms with van der Waals surface area (Å²) < 4.78 is 5.77. The Bertz CT molecular complexity index is 656. The molecule has 0 aliphatic carbocycles. The van der Waals surface area contributed by atoms with E-state index in [9.17, 15) is 0 Å². The molecule has 0 spiro atoms. The molecule has 1 aromatic heterocycles. The van der Waals surface area contributed by atoms with Gasteiger partial charge in [0.25, 0.3) is 6.47 Å². The maximum atomic E-state index is 8.36. The van der Waals surface area contributed by atoms with Crippen LogP contribution in [-0.4, -0.2) is 34.0 Å². The van der Waals surface area contributed by atoms with Crippen LogP contribution in [0.1, 0.15) is 24.6 Å². The van der Waals surface area contributed by atoms with Crippen molar-refractivity contribution in [2.75, 3.05) is 6.54 Å². The van der Waals surface area contributed by atoms with Crippen molar-refractivity contribution in [3.63, 3.8) is 0 Å². The molecule has 0 saturated heterocycles. The molecule has 5 heteroatoms. The topological polar surface area (TPSA) is 62.7 Å². The fourth-order valence-corrected chi connectivity index (χ4v) is 2.75. The molecule has 1 atom stereocenters. The van der Waals surface area contributed by atoms with E-state index < -0.39 is 0 Å². The van der Waals surface area contributed by atoms with E-state index in [0.717, 1.165) is 24.5 Å². The smallest absolute Gasteiger partial charge is 0.290 e. The second-order valence-electron chi connectivity index (χ2n) is 5.69. The predicted octanol–water partition coefficient (Wildman–Crippen LogP) is 3.51. The average molecular weight is 340 g/mol. The Balaban J connectivity index is 0.000000701. The highest BCUT2D eigenvalue weighted by atomic mass is 16.5. The maximum absolute atomic E-state index is 8.36. The molecule has 0 amide bonds. The molecule has 1 unspecified atom stereocenters. The Hall–Kier alpha value is -2.66. The average Bonchev–Trinajstić information content (AvgIpc) is 3.10. The molecule has 25 heavy (non-hydrogen) atoms. The molecule has 0 saturated carbocycles. The lowest BCUT2D eigenvalue weighted by molar-refractivity contribution is -0.122. The van der Waals surface area contributed by atoms with Gasteiger partial charge in [0.15, 0.2) is 0 Å². The zero-order chi connectivity index (χ0) is 17.9. The monoisotopic (exact) mass is 340 g/mol. The number of carboxylic acid groups (broad SMARTS) is 1. The van der Waals surface area contributed by atoms with Crippen LogP contribution in [0.5, 0.6) is 5.75 Å². The number of nitrogens with zero attached hydrogens (tertiary/aromatic N) is 2. The number of benzene rings is 1. The van der Waals surface area contributed by atoms with Crippen molar-refractivity contribution < 1.29 is 14.6 Å². The van der Waals surface area contributed by atoms with E-state index in [4.69, 9.17) is 14.6 Å². The molecule has 1 N–H and O–H groups in total.